The van der Waals surface area contributed by atoms with Crippen molar-refractivity contribution in [3.8, 4) is 11.1 Å². The molecule has 0 aliphatic carbocycles. The average Bonchev–Trinajstić information content (AvgIpc) is 3.30. The van der Waals surface area contributed by atoms with Gasteiger partial charge in [-0.25, -0.2) is 0 Å². The van der Waals surface area contributed by atoms with Crippen molar-refractivity contribution in [1.29, 1.82) is 0 Å². The van der Waals surface area contributed by atoms with E-state index in [1.807, 2.05) is 17.0 Å². The molecule has 0 unspecified atom stereocenters. The summed E-state index contributed by atoms with van der Waals surface area (Å²) in [6.07, 6.45) is -1.10. The highest BCUT2D eigenvalue weighted by atomic mass is 35.5. The van der Waals surface area contributed by atoms with Crippen LogP contribution in [0.25, 0.3) is 11.1 Å². The second-order valence-electron chi connectivity index (χ2n) is 10.8. The molecule has 210 valence electrons. The van der Waals surface area contributed by atoms with Gasteiger partial charge in [0.05, 0.1) is 5.92 Å². The second kappa shape index (κ2) is 11.7. The summed E-state index contributed by atoms with van der Waals surface area (Å²) in [6.45, 7) is 2.84. The first-order valence-corrected chi connectivity index (χ1v) is 14.3. The highest BCUT2D eigenvalue weighted by Crippen LogP contribution is 2.37. The molecule has 5 rings (SSSR count). The van der Waals surface area contributed by atoms with Crippen molar-refractivity contribution < 1.29 is 22.8 Å². The second-order valence-corrected chi connectivity index (χ2v) is 11.6. The lowest BCUT2D eigenvalue weighted by atomic mass is 9.94. The molecule has 5 nitrogen and oxygen atoms in total. The van der Waals surface area contributed by atoms with Gasteiger partial charge in [-0.15, -0.1) is 0 Å². The number of nitrogens with one attached hydrogen (secondary N) is 1. The SMILES string of the molecule is O=C(c1ccc(-c2cc(Cl)c(C[C@@H]3CCN(C4CCNCC4)C3=O)c(Cl)c2)cc1)N1CCC(C(F)(F)F)CC1. The van der Waals surface area contributed by atoms with Crippen LogP contribution in [0.1, 0.15) is 48.0 Å². The highest BCUT2D eigenvalue weighted by Gasteiger charge is 2.42. The van der Waals surface area contributed by atoms with E-state index in [0.29, 0.717) is 28.1 Å². The molecule has 0 aromatic heterocycles. The van der Waals surface area contributed by atoms with E-state index in [0.717, 1.165) is 55.6 Å². The van der Waals surface area contributed by atoms with Crippen molar-refractivity contribution in [1.82, 2.24) is 15.1 Å². The van der Waals surface area contributed by atoms with E-state index < -0.39 is 12.1 Å². The Morgan fingerprint density at radius 2 is 1.51 bits per heavy atom. The molecule has 0 bridgehead atoms. The molecule has 2 aromatic rings. The van der Waals surface area contributed by atoms with Gasteiger partial charge < -0.3 is 15.1 Å². The molecule has 1 N–H and O–H groups in total. The first-order valence-electron chi connectivity index (χ1n) is 13.6. The molecule has 39 heavy (non-hydrogen) atoms. The Labute approximate surface area is 236 Å². The van der Waals surface area contributed by atoms with Crippen LogP contribution < -0.4 is 5.32 Å². The van der Waals surface area contributed by atoms with Gasteiger partial charge in [0.1, 0.15) is 0 Å². The largest absolute Gasteiger partial charge is 0.391 e. The fourth-order valence-electron chi connectivity index (χ4n) is 6.04. The standard InChI is InChI=1S/C29H32Cl2F3N3O2/c30-25-16-21(17-26(31)24(25)15-20-7-14-37(28(20)39)23-5-10-35-11-6-23)18-1-3-19(4-2-18)27(38)36-12-8-22(9-13-36)29(32,33)34/h1-4,16-17,20,22-23,35H,5-15H2/t20-/m0/s1. The number of nitrogens with zero attached hydrogens (tertiary/aromatic N) is 2. The zero-order valence-electron chi connectivity index (χ0n) is 21.6. The van der Waals surface area contributed by atoms with E-state index in [1.54, 1.807) is 24.3 Å². The number of benzene rings is 2. The first kappa shape index (κ1) is 28.2. The molecule has 2 amide bonds. The van der Waals surface area contributed by atoms with Gasteiger partial charge >= 0.3 is 6.18 Å². The van der Waals surface area contributed by atoms with Gasteiger partial charge in [-0.1, -0.05) is 35.3 Å². The van der Waals surface area contributed by atoms with Crippen LogP contribution in [-0.2, 0) is 11.2 Å². The summed E-state index contributed by atoms with van der Waals surface area (Å²) in [5, 5.41) is 4.34. The number of carbonyl (C=O) groups excluding carboxylic acids is 2. The van der Waals surface area contributed by atoms with Crippen LogP contribution in [0.3, 0.4) is 0 Å². The summed E-state index contributed by atoms with van der Waals surface area (Å²) in [6, 6.07) is 10.9. The fraction of sp³-hybridized carbons (Fsp3) is 0.517. The molecule has 0 radical (unpaired) electrons. The van der Waals surface area contributed by atoms with E-state index >= 15 is 0 Å². The number of rotatable bonds is 5. The quantitative estimate of drug-likeness (QED) is 0.456. The van der Waals surface area contributed by atoms with E-state index in [4.69, 9.17) is 23.2 Å². The number of amides is 2. The lowest BCUT2D eigenvalue weighted by molar-refractivity contribution is -0.183. The third-order valence-corrected chi connectivity index (χ3v) is 9.08. The van der Waals surface area contributed by atoms with Crippen LogP contribution in [0.15, 0.2) is 36.4 Å². The van der Waals surface area contributed by atoms with Crippen molar-refractivity contribution in [3.63, 3.8) is 0 Å². The highest BCUT2D eigenvalue weighted by molar-refractivity contribution is 6.36. The Hall–Kier alpha value is -2.29. The van der Waals surface area contributed by atoms with Crippen LogP contribution >= 0.6 is 23.2 Å². The molecule has 3 saturated heterocycles. The number of piperidine rings is 2. The van der Waals surface area contributed by atoms with E-state index in [1.165, 1.54) is 4.90 Å². The summed E-state index contributed by atoms with van der Waals surface area (Å²) >= 11 is 13.3. The Kier molecular flexibility index (Phi) is 8.45. The predicted octanol–water partition coefficient (Wildman–Crippen LogP) is 6.22. The molecule has 3 aliphatic rings. The van der Waals surface area contributed by atoms with Gasteiger partial charge in [-0.05, 0) is 92.6 Å². The predicted molar refractivity (Wildman–Crippen MR) is 146 cm³/mol. The minimum Gasteiger partial charge on any atom is -0.339 e. The monoisotopic (exact) mass is 581 g/mol. The zero-order chi connectivity index (χ0) is 27.7. The molecular formula is C29H32Cl2F3N3O2. The minimum atomic E-state index is -4.21. The van der Waals surface area contributed by atoms with Gasteiger partial charge in [0, 0.05) is 47.2 Å². The molecule has 3 heterocycles. The van der Waals surface area contributed by atoms with E-state index in [9.17, 15) is 22.8 Å². The van der Waals surface area contributed by atoms with Crippen molar-refractivity contribution in [2.75, 3.05) is 32.7 Å². The van der Waals surface area contributed by atoms with Crippen LogP contribution in [-0.4, -0.2) is 66.6 Å². The first-order chi connectivity index (χ1) is 18.6. The molecule has 0 spiro atoms. The minimum absolute atomic E-state index is 0.0702. The molecule has 3 fully saturated rings. The van der Waals surface area contributed by atoms with Crippen molar-refractivity contribution >= 4 is 35.0 Å². The van der Waals surface area contributed by atoms with E-state index in [2.05, 4.69) is 5.32 Å². The Morgan fingerprint density at radius 3 is 2.10 bits per heavy atom. The van der Waals surface area contributed by atoms with Crippen molar-refractivity contribution in [2.24, 2.45) is 11.8 Å². The summed E-state index contributed by atoms with van der Waals surface area (Å²) in [7, 11) is 0. The maximum Gasteiger partial charge on any atom is 0.391 e. The van der Waals surface area contributed by atoms with Gasteiger partial charge in [-0.2, -0.15) is 13.2 Å². The Morgan fingerprint density at radius 1 is 0.897 bits per heavy atom. The summed E-state index contributed by atoms with van der Waals surface area (Å²) < 4.78 is 38.8. The van der Waals surface area contributed by atoms with Crippen molar-refractivity contribution in [3.05, 3.63) is 57.6 Å². The number of alkyl halides is 3. The molecule has 10 heteroatoms. The number of likely N-dealkylation sites (tertiary alicyclic amines) is 2. The third kappa shape index (κ3) is 6.23. The smallest absolute Gasteiger partial charge is 0.339 e. The number of halogens is 5. The van der Waals surface area contributed by atoms with Crippen LogP contribution in [0.4, 0.5) is 13.2 Å². The summed E-state index contributed by atoms with van der Waals surface area (Å²) in [4.78, 5) is 29.5. The summed E-state index contributed by atoms with van der Waals surface area (Å²) in [5.74, 6) is -1.57. The molecular weight excluding hydrogens is 550 g/mol. The number of hydrogen-bond donors (Lipinski definition) is 1. The molecule has 0 saturated carbocycles. The Bertz CT molecular complexity index is 1180. The van der Waals surface area contributed by atoms with Gasteiger partial charge in [0.25, 0.3) is 5.91 Å². The normalized spacial score (nSPS) is 21.6. The van der Waals surface area contributed by atoms with Gasteiger partial charge in [0.2, 0.25) is 5.91 Å². The molecule has 2 aromatic carbocycles. The van der Waals surface area contributed by atoms with Crippen LogP contribution in [0.5, 0.6) is 0 Å². The van der Waals surface area contributed by atoms with Crippen molar-refractivity contribution in [2.45, 2.75) is 50.7 Å². The van der Waals surface area contributed by atoms with Crippen LogP contribution in [0, 0.1) is 11.8 Å². The fourth-order valence-corrected chi connectivity index (χ4v) is 6.68. The lowest BCUT2D eigenvalue weighted by Gasteiger charge is -2.33. The zero-order valence-corrected chi connectivity index (χ0v) is 23.1. The number of hydrogen-bond acceptors (Lipinski definition) is 3. The molecule has 3 aliphatic heterocycles. The lowest BCUT2D eigenvalue weighted by Crippen LogP contribution is -2.44. The van der Waals surface area contributed by atoms with E-state index in [-0.39, 0.29) is 43.7 Å². The maximum atomic E-state index is 13.1. The number of carbonyl (C=O) groups is 2. The molecule has 1 atom stereocenters. The third-order valence-electron chi connectivity index (χ3n) is 8.40. The van der Waals surface area contributed by atoms with Gasteiger partial charge in [0.15, 0.2) is 0 Å². The summed E-state index contributed by atoms with van der Waals surface area (Å²) in [5.41, 5.74) is 2.79. The topological polar surface area (TPSA) is 52.7 Å². The van der Waals surface area contributed by atoms with Gasteiger partial charge in [-0.3, -0.25) is 9.59 Å². The Balaban J connectivity index is 1.23. The average molecular weight is 582 g/mol. The van der Waals surface area contributed by atoms with Crippen LogP contribution in [0.2, 0.25) is 10.0 Å². The maximum absolute atomic E-state index is 13.1.